The number of nitrogens with zero attached hydrogens (tertiary/aromatic N) is 1. The number of benzene rings is 2. The Morgan fingerprint density at radius 3 is 2.04 bits per heavy atom. The molecule has 0 bridgehead atoms. The summed E-state index contributed by atoms with van der Waals surface area (Å²) in [4.78, 5) is 23.4. The minimum Gasteiger partial charge on any atom is -0.493 e. The van der Waals surface area contributed by atoms with E-state index in [1.807, 2.05) is 0 Å². The van der Waals surface area contributed by atoms with Crippen molar-refractivity contribution >= 4 is 18.3 Å². The van der Waals surface area contributed by atoms with Crippen LogP contribution in [0.3, 0.4) is 0 Å². The molecule has 2 aromatic carbocycles. The third-order valence-electron chi connectivity index (χ3n) is 3.55. The molecule has 0 radical (unpaired) electrons. The second-order valence-corrected chi connectivity index (χ2v) is 5.23. The SMILES string of the molecule is COC(=O)NN=Cc1ccc(OC(=O)c2cc(OC)c(OC)c(OC)c2)cc1. The monoisotopic (exact) mass is 388 g/mol. The molecule has 9 nitrogen and oxygen atoms in total. The first-order valence-electron chi connectivity index (χ1n) is 8.01. The lowest BCUT2D eigenvalue weighted by Crippen LogP contribution is -2.16. The molecule has 28 heavy (non-hydrogen) atoms. The lowest BCUT2D eigenvalue weighted by atomic mass is 10.2. The number of hydrogen-bond acceptors (Lipinski definition) is 8. The number of carbonyl (C=O) groups is 2. The summed E-state index contributed by atoms with van der Waals surface area (Å²) in [6, 6.07) is 9.53. The molecule has 1 amide bonds. The van der Waals surface area contributed by atoms with Gasteiger partial charge in [0.05, 0.1) is 40.2 Å². The van der Waals surface area contributed by atoms with Gasteiger partial charge in [0.15, 0.2) is 11.5 Å². The Morgan fingerprint density at radius 1 is 0.929 bits per heavy atom. The van der Waals surface area contributed by atoms with Gasteiger partial charge < -0.3 is 23.7 Å². The maximum Gasteiger partial charge on any atom is 0.427 e. The van der Waals surface area contributed by atoms with Crippen molar-refractivity contribution in [3.8, 4) is 23.0 Å². The Hall–Kier alpha value is -3.75. The highest BCUT2D eigenvalue weighted by Gasteiger charge is 2.18. The van der Waals surface area contributed by atoms with Crippen LogP contribution < -0.4 is 24.4 Å². The summed E-state index contributed by atoms with van der Waals surface area (Å²) in [5.74, 6) is 0.813. The van der Waals surface area contributed by atoms with Crippen LogP contribution in [0.25, 0.3) is 0 Å². The van der Waals surface area contributed by atoms with Gasteiger partial charge in [-0.15, -0.1) is 0 Å². The number of ether oxygens (including phenoxy) is 5. The van der Waals surface area contributed by atoms with Crippen LogP contribution in [0.5, 0.6) is 23.0 Å². The normalized spacial score (nSPS) is 10.3. The van der Waals surface area contributed by atoms with Crippen LogP contribution in [0, 0.1) is 0 Å². The Morgan fingerprint density at radius 2 is 1.54 bits per heavy atom. The van der Waals surface area contributed by atoms with Gasteiger partial charge in [0.1, 0.15) is 5.75 Å². The number of hydrogen-bond donors (Lipinski definition) is 1. The highest BCUT2D eigenvalue weighted by atomic mass is 16.5. The van der Waals surface area contributed by atoms with Crippen molar-refractivity contribution in [1.82, 2.24) is 5.43 Å². The van der Waals surface area contributed by atoms with Crippen LogP contribution in [0.1, 0.15) is 15.9 Å². The minimum atomic E-state index is -0.674. The second kappa shape index (κ2) is 9.81. The average molecular weight is 388 g/mol. The van der Waals surface area contributed by atoms with Crippen molar-refractivity contribution in [1.29, 1.82) is 0 Å². The summed E-state index contributed by atoms with van der Waals surface area (Å²) in [5, 5.41) is 3.71. The topological polar surface area (TPSA) is 105 Å². The molecule has 0 aliphatic heterocycles. The molecule has 2 aromatic rings. The Bertz CT molecular complexity index is 838. The lowest BCUT2D eigenvalue weighted by Gasteiger charge is -2.13. The summed E-state index contributed by atoms with van der Waals surface area (Å²) < 4.78 is 25.5. The van der Waals surface area contributed by atoms with Crippen LogP contribution in [0.15, 0.2) is 41.5 Å². The molecule has 0 spiro atoms. The molecular weight excluding hydrogens is 368 g/mol. The van der Waals surface area contributed by atoms with Crippen LogP contribution in [0.4, 0.5) is 4.79 Å². The molecule has 0 fully saturated rings. The van der Waals surface area contributed by atoms with Crippen molar-refractivity contribution in [2.45, 2.75) is 0 Å². The summed E-state index contributed by atoms with van der Waals surface area (Å²) in [7, 11) is 5.63. The van der Waals surface area contributed by atoms with E-state index < -0.39 is 12.1 Å². The molecule has 0 aromatic heterocycles. The number of hydrazone groups is 1. The summed E-state index contributed by atoms with van der Waals surface area (Å²) >= 11 is 0. The molecule has 0 atom stereocenters. The highest BCUT2D eigenvalue weighted by Crippen LogP contribution is 2.38. The molecule has 0 aliphatic rings. The summed E-state index contributed by atoms with van der Waals surface area (Å²) in [6.07, 6.45) is 0.744. The number of rotatable bonds is 7. The zero-order valence-electron chi connectivity index (χ0n) is 15.8. The molecule has 0 aliphatic carbocycles. The zero-order valence-corrected chi connectivity index (χ0v) is 15.8. The van der Waals surface area contributed by atoms with Crippen LogP contribution in [0.2, 0.25) is 0 Å². The van der Waals surface area contributed by atoms with Gasteiger partial charge in [0.25, 0.3) is 0 Å². The molecule has 0 saturated heterocycles. The minimum absolute atomic E-state index is 0.238. The predicted molar refractivity (Wildman–Crippen MR) is 101 cm³/mol. The maximum atomic E-state index is 12.5. The van der Waals surface area contributed by atoms with Crippen molar-refractivity contribution in [2.24, 2.45) is 5.10 Å². The summed E-state index contributed by atoms with van der Waals surface area (Å²) in [5.41, 5.74) is 3.09. The first-order chi connectivity index (χ1) is 13.5. The maximum absolute atomic E-state index is 12.5. The van der Waals surface area contributed by atoms with Crippen molar-refractivity contribution < 1.29 is 33.3 Å². The Labute approximate surface area is 161 Å². The molecular formula is C19H20N2O7. The fourth-order valence-corrected chi connectivity index (χ4v) is 2.19. The van der Waals surface area contributed by atoms with E-state index in [1.54, 1.807) is 24.3 Å². The number of nitrogens with one attached hydrogen (secondary N) is 1. The molecule has 0 heterocycles. The molecule has 2 rings (SSSR count). The number of esters is 1. The van der Waals surface area contributed by atoms with E-state index in [-0.39, 0.29) is 5.56 Å². The van der Waals surface area contributed by atoms with Gasteiger partial charge in [-0.3, -0.25) is 0 Å². The van der Waals surface area contributed by atoms with Gasteiger partial charge in [-0.25, -0.2) is 15.0 Å². The average Bonchev–Trinajstić information content (AvgIpc) is 2.73. The van der Waals surface area contributed by atoms with Gasteiger partial charge in [-0.05, 0) is 42.0 Å². The molecule has 9 heteroatoms. The number of methoxy groups -OCH3 is 4. The van der Waals surface area contributed by atoms with Gasteiger partial charge in [-0.1, -0.05) is 0 Å². The number of amides is 1. The molecule has 0 unspecified atom stereocenters. The highest BCUT2D eigenvalue weighted by molar-refractivity contribution is 5.93. The van der Waals surface area contributed by atoms with Crippen molar-refractivity contribution in [3.63, 3.8) is 0 Å². The standard InChI is InChI=1S/C19H20N2O7/c1-24-15-9-13(10-16(25-2)17(15)26-3)18(22)28-14-7-5-12(6-8-14)11-20-21-19(23)27-4/h5-11H,1-4H3,(H,21,23). The fraction of sp³-hybridized carbons (Fsp3) is 0.211. The fourth-order valence-electron chi connectivity index (χ4n) is 2.19. The van der Waals surface area contributed by atoms with Crippen molar-refractivity contribution in [2.75, 3.05) is 28.4 Å². The summed E-state index contributed by atoms with van der Waals surface area (Å²) in [6.45, 7) is 0. The second-order valence-electron chi connectivity index (χ2n) is 5.23. The van der Waals surface area contributed by atoms with Gasteiger partial charge in [0, 0.05) is 0 Å². The Balaban J connectivity index is 2.11. The molecule has 0 saturated carbocycles. The number of carbonyl (C=O) groups excluding carboxylic acids is 2. The van der Waals surface area contributed by atoms with E-state index in [4.69, 9.17) is 18.9 Å². The first-order valence-corrected chi connectivity index (χ1v) is 8.01. The van der Waals surface area contributed by atoms with Gasteiger partial charge >= 0.3 is 12.1 Å². The Kier molecular flexibility index (Phi) is 7.21. The third-order valence-corrected chi connectivity index (χ3v) is 3.55. The van der Waals surface area contributed by atoms with E-state index in [2.05, 4.69) is 15.3 Å². The smallest absolute Gasteiger partial charge is 0.427 e. The van der Waals surface area contributed by atoms with Crippen molar-refractivity contribution in [3.05, 3.63) is 47.5 Å². The first kappa shape index (κ1) is 20.6. The van der Waals surface area contributed by atoms with Gasteiger partial charge in [-0.2, -0.15) is 5.10 Å². The van der Waals surface area contributed by atoms with E-state index in [0.717, 1.165) is 0 Å². The van der Waals surface area contributed by atoms with E-state index in [0.29, 0.717) is 28.6 Å². The van der Waals surface area contributed by atoms with Crippen LogP contribution >= 0.6 is 0 Å². The quantitative estimate of drug-likeness (QED) is 0.336. The third kappa shape index (κ3) is 5.13. The van der Waals surface area contributed by atoms with Crippen LogP contribution in [-0.2, 0) is 4.74 Å². The molecule has 1 N–H and O–H groups in total. The zero-order chi connectivity index (χ0) is 20.5. The van der Waals surface area contributed by atoms with E-state index in [9.17, 15) is 9.59 Å². The predicted octanol–water partition coefficient (Wildman–Crippen LogP) is 2.62. The van der Waals surface area contributed by atoms with E-state index in [1.165, 1.54) is 46.8 Å². The van der Waals surface area contributed by atoms with Crippen LogP contribution in [-0.4, -0.2) is 46.7 Å². The molecule has 148 valence electrons. The largest absolute Gasteiger partial charge is 0.493 e. The lowest BCUT2D eigenvalue weighted by molar-refractivity contribution is 0.0733. The van der Waals surface area contributed by atoms with Gasteiger partial charge in [0.2, 0.25) is 5.75 Å². The van der Waals surface area contributed by atoms with E-state index >= 15 is 0 Å².